The Morgan fingerprint density at radius 1 is 1.23 bits per heavy atom. The molecule has 0 spiro atoms. The number of aryl methyl sites for hydroxylation is 1. The van der Waals surface area contributed by atoms with Gasteiger partial charge < -0.3 is 9.80 Å². The maximum atomic E-state index is 12.5. The second kappa shape index (κ2) is 6.36. The second-order valence-electron chi connectivity index (χ2n) is 5.33. The van der Waals surface area contributed by atoms with E-state index in [9.17, 15) is 4.79 Å². The van der Waals surface area contributed by atoms with Crippen LogP contribution in [0.5, 0.6) is 0 Å². The number of halogens is 1. The summed E-state index contributed by atoms with van der Waals surface area (Å²) in [5.41, 5.74) is 1.47. The molecule has 0 atom stereocenters. The molecule has 1 fully saturated rings. The molecule has 7 heteroatoms. The molecule has 2 aromatic heterocycles. The number of hydrogen-bond donors (Lipinski definition) is 0. The van der Waals surface area contributed by atoms with Crippen molar-refractivity contribution in [3.8, 4) is 0 Å². The minimum Gasteiger partial charge on any atom is -0.368 e. The van der Waals surface area contributed by atoms with Crippen molar-refractivity contribution in [1.82, 2.24) is 19.7 Å². The summed E-state index contributed by atoms with van der Waals surface area (Å²) in [6.45, 7) is 3.01. The predicted octanol–water partition coefficient (Wildman–Crippen LogP) is 1.82. The zero-order chi connectivity index (χ0) is 15.5. The van der Waals surface area contributed by atoms with E-state index in [0.29, 0.717) is 17.3 Å². The molecule has 0 bridgehead atoms. The van der Waals surface area contributed by atoms with Crippen LogP contribution in [-0.4, -0.2) is 51.8 Å². The second-order valence-corrected chi connectivity index (χ2v) is 5.74. The number of anilines is 1. The zero-order valence-corrected chi connectivity index (χ0v) is 13.2. The van der Waals surface area contributed by atoms with Gasteiger partial charge in [0.05, 0.1) is 10.7 Å². The molecular weight excluding hydrogens is 302 g/mol. The van der Waals surface area contributed by atoms with Crippen LogP contribution in [0.25, 0.3) is 0 Å². The van der Waals surface area contributed by atoms with E-state index in [2.05, 4.69) is 15.0 Å². The van der Waals surface area contributed by atoms with Crippen LogP contribution in [-0.2, 0) is 7.05 Å². The molecular formula is C15H18ClN5O. The van der Waals surface area contributed by atoms with E-state index >= 15 is 0 Å². The average molecular weight is 320 g/mol. The van der Waals surface area contributed by atoms with Crippen LogP contribution in [0.1, 0.15) is 16.9 Å². The van der Waals surface area contributed by atoms with E-state index in [1.165, 1.54) is 0 Å². The molecule has 0 unspecified atom stereocenters. The monoisotopic (exact) mass is 319 g/mol. The summed E-state index contributed by atoms with van der Waals surface area (Å²) in [4.78, 5) is 20.5. The summed E-state index contributed by atoms with van der Waals surface area (Å²) in [5, 5.41) is 4.84. The number of amides is 1. The number of carbonyl (C=O) groups is 1. The molecule has 22 heavy (non-hydrogen) atoms. The third-order valence-corrected chi connectivity index (χ3v) is 4.10. The number of nitrogens with zero attached hydrogens (tertiary/aromatic N) is 5. The van der Waals surface area contributed by atoms with Crippen molar-refractivity contribution < 1.29 is 4.79 Å². The van der Waals surface area contributed by atoms with Gasteiger partial charge in [0.25, 0.3) is 5.91 Å². The van der Waals surface area contributed by atoms with E-state index < -0.39 is 0 Å². The van der Waals surface area contributed by atoms with Crippen LogP contribution in [0.3, 0.4) is 0 Å². The highest BCUT2D eigenvalue weighted by atomic mass is 35.5. The van der Waals surface area contributed by atoms with E-state index in [4.69, 9.17) is 11.6 Å². The molecule has 0 radical (unpaired) electrons. The Kier molecular flexibility index (Phi) is 4.29. The van der Waals surface area contributed by atoms with Gasteiger partial charge in [0.2, 0.25) is 0 Å². The molecule has 0 saturated carbocycles. The Balaban J connectivity index is 1.70. The van der Waals surface area contributed by atoms with Gasteiger partial charge >= 0.3 is 0 Å². The minimum atomic E-state index is -0.0109. The molecule has 0 aliphatic carbocycles. The lowest BCUT2D eigenvalue weighted by molar-refractivity contribution is 0.0760. The van der Waals surface area contributed by atoms with E-state index in [-0.39, 0.29) is 5.91 Å². The van der Waals surface area contributed by atoms with Gasteiger partial charge in [0.1, 0.15) is 5.69 Å². The molecule has 2 aromatic rings. The first-order chi connectivity index (χ1) is 10.6. The van der Waals surface area contributed by atoms with Crippen molar-refractivity contribution in [3.05, 3.63) is 41.4 Å². The highest BCUT2D eigenvalue weighted by Crippen LogP contribution is 2.25. The van der Waals surface area contributed by atoms with Crippen LogP contribution in [0.15, 0.2) is 30.7 Å². The van der Waals surface area contributed by atoms with Gasteiger partial charge in [-0.3, -0.25) is 14.5 Å². The summed E-state index contributed by atoms with van der Waals surface area (Å²) in [6, 6.07) is 3.67. The number of hydrogen-bond acceptors (Lipinski definition) is 4. The fourth-order valence-corrected chi connectivity index (χ4v) is 2.92. The fraction of sp³-hybridized carbons (Fsp3) is 0.400. The first-order valence-electron chi connectivity index (χ1n) is 7.28. The maximum absolute atomic E-state index is 12.5. The van der Waals surface area contributed by atoms with Crippen molar-refractivity contribution in [3.63, 3.8) is 0 Å². The molecule has 1 aliphatic rings. The van der Waals surface area contributed by atoms with Gasteiger partial charge in [-0.2, -0.15) is 5.10 Å². The first-order valence-corrected chi connectivity index (χ1v) is 7.66. The SMILES string of the molecule is Cn1ccc(C(=O)N2CCCN(c3ccncc3Cl)CC2)n1. The standard InChI is InChI=1S/C15H18ClN5O/c1-19-8-4-13(18-19)15(22)21-7-2-6-20(9-10-21)14-3-5-17-11-12(14)16/h3-5,8,11H,2,6-7,9-10H2,1H3. The fourth-order valence-electron chi connectivity index (χ4n) is 2.68. The van der Waals surface area contributed by atoms with E-state index in [0.717, 1.165) is 31.7 Å². The van der Waals surface area contributed by atoms with Crippen LogP contribution in [0.4, 0.5) is 5.69 Å². The third kappa shape index (κ3) is 3.06. The zero-order valence-electron chi connectivity index (χ0n) is 12.4. The summed E-state index contributed by atoms with van der Waals surface area (Å²) in [5.74, 6) is -0.0109. The molecule has 6 nitrogen and oxygen atoms in total. The van der Waals surface area contributed by atoms with Gasteiger partial charge in [-0.25, -0.2) is 0 Å². The summed E-state index contributed by atoms with van der Waals surface area (Å²) < 4.78 is 1.65. The number of aromatic nitrogens is 3. The Morgan fingerprint density at radius 3 is 2.82 bits per heavy atom. The van der Waals surface area contributed by atoms with Gasteiger partial charge in [0, 0.05) is 51.8 Å². The first kappa shape index (κ1) is 14.8. The normalized spacial score (nSPS) is 15.7. The lowest BCUT2D eigenvalue weighted by Crippen LogP contribution is -2.35. The van der Waals surface area contributed by atoms with Crippen molar-refractivity contribution >= 4 is 23.2 Å². The van der Waals surface area contributed by atoms with Crippen LogP contribution >= 0.6 is 11.6 Å². The lowest BCUT2D eigenvalue weighted by atomic mass is 10.3. The molecule has 1 saturated heterocycles. The molecule has 3 rings (SSSR count). The van der Waals surface area contributed by atoms with Crippen molar-refractivity contribution in [1.29, 1.82) is 0 Å². The van der Waals surface area contributed by atoms with Crippen LogP contribution in [0, 0.1) is 0 Å². The smallest absolute Gasteiger partial charge is 0.274 e. The topological polar surface area (TPSA) is 54.3 Å². The Morgan fingerprint density at radius 2 is 2.09 bits per heavy atom. The maximum Gasteiger partial charge on any atom is 0.274 e. The third-order valence-electron chi connectivity index (χ3n) is 3.81. The predicted molar refractivity (Wildman–Crippen MR) is 85.2 cm³/mol. The highest BCUT2D eigenvalue weighted by molar-refractivity contribution is 6.33. The molecule has 1 aliphatic heterocycles. The molecule has 0 aromatic carbocycles. The van der Waals surface area contributed by atoms with Crippen molar-refractivity contribution in [2.24, 2.45) is 7.05 Å². The van der Waals surface area contributed by atoms with Gasteiger partial charge in [0.15, 0.2) is 0 Å². The summed E-state index contributed by atoms with van der Waals surface area (Å²) in [6.07, 6.45) is 6.08. The molecule has 0 N–H and O–H groups in total. The van der Waals surface area contributed by atoms with Gasteiger partial charge in [-0.15, -0.1) is 0 Å². The quantitative estimate of drug-likeness (QED) is 0.847. The van der Waals surface area contributed by atoms with Gasteiger partial charge in [-0.05, 0) is 18.6 Å². The van der Waals surface area contributed by atoms with E-state index in [1.807, 2.05) is 18.0 Å². The van der Waals surface area contributed by atoms with Gasteiger partial charge in [-0.1, -0.05) is 11.6 Å². The number of pyridine rings is 1. The van der Waals surface area contributed by atoms with Crippen LogP contribution in [0.2, 0.25) is 5.02 Å². The van der Waals surface area contributed by atoms with Crippen molar-refractivity contribution in [2.75, 3.05) is 31.1 Å². The Hall–Kier alpha value is -2.08. The Labute approximate surface area is 134 Å². The number of rotatable bonds is 2. The summed E-state index contributed by atoms with van der Waals surface area (Å²) in [7, 11) is 1.81. The van der Waals surface area contributed by atoms with Crippen LogP contribution < -0.4 is 4.90 Å². The lowest BCUT2D eigenvalue weighted by Gasteiger charge is -2.24. The van der Waals surface area contributed by atoms with Crippen molar-refractivity contribution in [2.45, 2.75) is 6.42 Å². The number of carbonyl (C=O) groups excluding carboxylic acids is 1. The Bertz CT molecular complexity index is 671. The molecule has 1 amide bonds. The average Bonchev–Trinajstić information content (AvgIpc) is 2.81. The van der Waals surface area contributed by atoms with E-state index in [1.54, 1.807) is 29.3 Å². The molecule has 116 valence electrons. The molecule has 3 heterocycles. The highest BCUT2D eigenvalue weighted by Gasteiger charge is 2.22. The largest absolute Gasteiger partial charge is 0.368 e. The summed E-state index contributed by atoms with van der Waals surface area (Å²) >= 11 is 6.21. The minimum absolute atomic E-state index is 0.0109.